The van der Waals surface area contributed by atoms with Crippen molar-refractivity contribution in [2.75, 3.05) is 6.54 Å². The van der Waals surface area contributed by atoms with Gasteiger partial charge in [0.15, 0.2) is 0 Å². The van der Waals surface area contributed by atoms with Gasteiger partial charge in [0, 0.05) is 11.6 Å². The van der Waals surface area contributed by atoms with Gasteiger partial charge in [-0.25, -0.2) is 0 Å². The van der Waals surface area contributed by atoms with Crippen LogP contribution in [-0.4, -0.2) is 23.8 Å². The average Bonchev–Trinajstić information content (AvgIpc) is 2.77. The maximum atomic E-state index is 12.4. The quantitative estimate of drug-likeness (QED) is 0.798. The molecule has 1 unspecified atom stereocenters. The van der Waals surface area contributed by atoms with Gasteiger partial charge in [0.05, 0.1) is 6.04 Å². The predicted molar refractivity (Wildman–Crippen MR) is 61.1 cm³/mol. The second kappa shape index (κ2) is 5.00. The number of rotatable bonds is 2. The Morgan fingerprint density at radius 2 is 2.12 bits per heavy atom. The molecule has 1 saturated heterocycles. The van der Waals surface area contributed by atoms with Crippen LogP contribution in [0.1, 0.15) is 24.4 Å². The van der Waals surface area contributed by atoms with Crippen LogP contribution in [0.15, 0.2) is 24.3 Å². The summed E-state index contributed by atoms with van der Waals surface area (Å²) in [5, 5.41) is 0.520. The molecule has 0 N–H and O–H groups in total. The first kappa shape index (κ1) is 12.3. The summed E-state index contributed by atoms with van der Waals surface area (Å²) < 4.78 is 24.9. The lowest BCUT2D eigenvalue weighted by molar-refractivity contribution is -0.143. The second-order valence-corrected chi connectivity index (χ2v) is 4.42. The Morgan fingerprint density at radius 1 is 1.41 bits per heavy atom. The van der Waals surface area contributed by atoms with Crippen LogP contribution in [0.4, 0.5) is 8.78 Å². The number of hydrogen-bond acceptors (Lipinski definition) is 1. The third-order valence-corrected chi connectivity index (χ3v) is 3.33. The van der Waals surface area contributed by atoms with E-state index in [1.54, 1.807) is 24.3 Å². The summed E-state index contributed by atoms with van der Waals surface area (Å²) in [4.78, 5) is 12.6. The molecule has 17 heavy (non-hydrogen) atoms. The highest BCUT2D eigenvalue weighted by molar-refractivity contribution is 6.31. The van der Waals surface area contributed by atoms with Gasteiger partial charge in [0.2, 0.25) is 0 Å². The Morgan fingerprint density at radius 3 is 2.76 bits per heavy atom. The fourth-order valence-electron chi connectivity index (χ4n) is 2.22. The maximum absolute atomic E-state index is 12.4. The molecule has 5 heteroatoms. The highest BCUT2D eigenvalue weighted by Crippen LogP contribution is 2.36. The summed E-state index contributed by atoms with van der Waals surface area (Å²) in [5.74, 6) is -1.10. The summed E-state index contributed by atoms with van der Waals surface area (Å²) >= 11 is 6.03. The number of carbonyl (C=O) groups excluding carboxylic acids is 1. The Labute approximate surface area is 103 Å². The number of benzene rings is 1. The van der Waals surface area contributed by atoms with Crippen molar-refractivity contribution in [2.45, 2.75) is 25.3 Å². The van der Waals surface area contributed by atoms with E-state index in [9.17, 15) is 13.6 Å². The zero-order valence-electron chi connectivity index (χ0n) is 9.07. The van der Waals surface area contributed by atoms with E-state index in [0.29, 0.717) is 18.0 Å². The summed E-state index contributed by atoms with van der Waals surface area (Å²) in [5.41, 5.74) is 0.751. The molecular weight excluding hydrogens is 248 g/mol. The van der Waals surface area contributed by atoms with Crippen LogP contribution in [0.5, 0.6) is 0 Å². The molecule has 1 atom stereocenters. The van der Waals surface area contributed by atoms with E-state index >= 15 is 0 Å². The van der Waals surface area contributed by atoms with Gasteiger partial charge in [0.25, 0.3) is 5.91 Å². The fraction of sp³-hybridized carbons (Fsp3) is 0.417. The van der Waals surface area contributed by atoms with E-state index < -0.39 is 12.3 Å². The molecule has 92 valence electrons. The number of carbonyl (C=O) groups is 1. The van der Waals surface area contributed by atoms with Gasteiger partial charge in [-0.15, -0.1) is 0 Å². The Hall–Kier alpha value is -1.16. The van der Waals surface area contributed by atoms with Gasteiger partial charge in [0.1, 0.15) is 0 Å². The van der Waals surface area contributed by atoms with Gasteiger partial charge < -0.3 is 4.90 Å². The van der Waals surface area contributed by atoms with Gasteiger partial charge in [-0.1, -0.05) is 29.8 Å². The number of hydrogen-bond donors (Lipinski definition) is 0. The molecule has 1 aliphatic rings. The Kier molecular flexibility index (Phi) is 3.62. The van der Waals surface area contributed by atoms with E-state index in [4.69, 9.17) is 11.6 Å². The minimum Gasteiger partial charge on any atom is -0.331 e. The molecule has 0 aliphatic carbocycles. The van der Waals surface area contributed by atoms with Crippen molar-refractivity contribution in [2.24, 2.45) is 0 Å². The largest absolute Gasteiger partial charge is 0.331 e. The minimum absolute atomic E-state index is 0.315. The molecule has 1 fully saturated rings. The third-order valence-electron chi connectivity index (χ3n) is 2.99. The molecule has 1 aromatic rings. The summed E-state index contributed by atoms with van der Waals surface area (Å²) in [6, 6.07) is 6.75. The smallest absolute Gasteiger partial charge is 0.315 e. The van der Waals surface area contributed by atoms with Gasteiger partial charge in [-0.2, -0.15) is 8.78 Å². The van der Waals surface area contributed by atoms with Crippen LogP contribution in [0, 0.1) is 0 Å². The molecular formula is C12H12ClF2NO. The van der Waals surface area contributed by atoms with E-state index in [-0.39, 0.29) is 6.04 Å². The molecule has 2 nitrogen and oxygen atoms in total. The van der Waals surface area contributed by atoms with Crippen molar-refractivity contribution in [3.8, 4) is 0 Å². The molecule has 1 amide bonds. The van der Waals surface area contributed by atoms with Gasteiger partial charge in [-0.3, -0.25) is 4.79 Å². The van der Waals surface area contributed by atoms with E-state index in [0.717, 1.165) is 12.0 Å². The van der Waals surface area contributed by atoms with Crippen molar-refractivity contribution < 1.29 is 13.6 Å². The molecule has 0 aromatic heterocycles. The van der Waals surface area contributed by atoms with Crippen LogP contribution in [0.25, 0.3) is 0 Å². The zero-order valence-corrected chi connectivity index (χ0v) is 9.83. The number of likely N-dealkylation sites (tertiary alicyclic amines) is 1. The number of halogens is 3. The highest BCUT2D eigenvalue weighted by Gasteiger charge is 2.34. The van der Waals surface area contributed by atoms with E-state index in [1.807, 2.05) is 0 Å². The van der Waals surface area contributed by atoms with E-state index in [2.05, 4.69) is 0 Å². The van der Waals surface area contributed by atoms with Crippen molar-refractivity contribution >= 4 is 17.5 Å². The molecule has 0 saturated carbocycles. The summed E-state index contributed by atoms with van der Waals surface area (Å²) in [7, 11) is 0. The highest BCUT2D eigenvalue weighted by atomic mass is 35.5. The lowest BCUT2D eigenvalue weighted by Crippen LogP contribution is -2.35. The molecule has 1 aliphatic heterocycles. The van der Waals surface area contributed by atoms with Crippen LogP contribution in [0.2, 0.25) is 5.02 Å². The lowest BCUT2D eigenvalue weighted by atomic mass is 10.0. The summed E-state index contributed by atoms with van der Waals surface area (Å²) in [6.07, 6.45) is -1.53. The zero-order chi connectivity index (χ0) is 12.4. The van der Waals surface area contributed by atoms with Gasteiger partial charge in [-0.05, 0) is 24.5 Å². The van der Waals surface area contributed by atoms with Crippen LogP contribution in [0.3, 0.4) is 0 Å². The lowest BCUT2D eigenvalue weighted by Gasteiger charge is -2.25. The monoisotopic (exact) mass is 259 g/mol. The first-order chi connectivity index (χ1) is 8.11. The molecule has 0 radical (unpaired) electrons. The second-order valence-electron chi connectivity index (χ2n) is 4.01. The standard InChI is InChI=1S/C12H12ClF2NO/c13-9-5-2-1-4-8(9)10-6-3-7-16(10)12(17)11(14)15/h1-2,4-5,10-11H,3,6-7H2. The number of amides is 1. The number of nitrogens with zero attached hydrogens (tertiary/aromatic N) is 1. The SMILES string of the molecule is O=C(C(F)F)N1CCCC1c1ccccc1Cl. The van der Waals surface area contributed by atoms with Gasteiger partial charge >= 0.3 is 6.43 Å². The van der Waals surface area contributed by atoms with Crippen LogP contribution in [-0.2, 0) is 4.79 Å². The average molecular weight is 260 g/mol. The molecule has 1 aromatic carbocycles. The van der Waals surface area contributed by atoms with E-state index in [1.165, 1.54) is 4.90 Å². The Bertz CT molecular complexity index is 425. The minimum atomic E-state index is -2.95. The molecule has 1 heterocycles. The fourth-order valence-corrected chi connectivity index (χ4v) is 2.49. The van der Waals surface area contributed by atoms with Crippen molar-refractivity contribution in [3.05, 3.63) is 34.9 Å². The predicted octanol–water partition coefficient (Wildman–Crippen LogP) is 3.27. The van der Waals surface area contributed by atoms with Crippen molar-refractivity contribution in [1.82, 2.24) is 4.90 Å². The Balaban J connectivity index is 2.26. The van der Waals surface area contributed by atoms with Crippen LogP contribution < -0.4 is 0 Å². The maximum Gasteiger partial charge on any atom is 0.315 e. The molecule has 0 bridgehead atoms. The summed E-state index contributed by atoms with van der Waals surface area (Å²) in [6.45, 7) is 0.374. The van der Waals surface area contributed by atoms with Crippen molar-refractivity contribution in [3.63, 3.8) is 0 Å². The third kappa shape index (κ3) is 2.41. The number of alkyl halides is 2. The normalized spacial score (nSPS) is 20.0. The molecule has 0 spiro atoms. The topological polar surface area (TPSA) is 20.3 Å². The van der Waals surface area contributed by atoms with Crippen molar-refractivity contribution in [1.29, 1.82) is 0 Å². The first-order valence-electron chi connectivity index (χ1n) is 5.44. The first-order valence-corrected chi connectivity index (χ1v) is 5.82. The molecule has 2 rings (SSSR count). The van der Waals surface area contributed by atoms with Crippen LogP contribution >= 0.6 is 11.6 Å².